The van der Waals surface area contributed by atoms with E-state index in [1.165, 1.54) is 11.8 Å². The lowest BCUT2D eigenvalue weighted by molar-refractivity contribution is -0.146. The first-order valence-corrected chi connectivity index (χ1v) is 6.95. The maximum atomic E-state index is 11.4. The van der Waals surface area contributed by atoms with Crippen molar-refractivity contribution in [3.8, 4) is 0 Å². The van der Waals surface area contributed by atoms with Gasteiger partial charge < -0.3 is 14.8 Å². The Morgan fingerprint density at radius 1 is 1.72 bits per heavy atom. The van der Waals surface area contributed by atoms with E-state index in [0.29, 0.717) is 18.1 Å². The first kappa shape index (κ1) is 13.4. The Labute approximate surface area is 110 Å². The predicted molar refractivity (Wildman–Crippen MR) is 68.8 cm³/mol. The summed E-state index contributed by atoms with van der Waals surface area (Å²) in [7, 11) is 1.72. The number of likely N-dealkylation sites (N-methyl/N-ethyl adjacent to an activating group) is 1. The topological polar surface area (TPSA) is 75.4 Å². The predicted octanol–water partition coefficient (Wildman–Crippen LogP) is 2.06. The average molecular weight is 270 g/mol. The molecule has 1 aliphatic rings. The van der Waals surface area contributed by atoms with E-state index in [1.54, 1.807) is 13.3 Å². The van der Waals surface area contributed by atoms with Gasteiger partial charge in [-0.2, -0.15) is 0 Å². The molecule has 1 fully saturated rings. The molecule has 0 radical (unpaired) electrons. The number of hydrogen-bond donors (Lipinski definition) is 2. The number of carboxylic acid groups (broad SMARTS) is 1. The van der Waals surface area contributed by atoms with Crippen LogP contribution in [0.3, 0.4) is 0 Å². The molecule has 5 nitrogen and oxygen atoms in total. The fraction of sp³-hybridized carbons (Fsp3) is 0.667. The van der Waals surface area contributed by atoms with Crippen LogP contribution in [0.4, 0.5) is 0 Å². The summed E-state index contributed by atoms with van der Waals surface area (Å²) in [6, 6.07) is 0. The van der Waals surface area contributed by atoms with Crippen LogP contribution in [0.5, 0.6) is 0 Å². The molecule has 1 aliphatic carbocycles. The van der Waals surface area contributed by atoms with Crippen LogP contribution in [0.1, 0.15) is 31.4 Å². The van der Waals surface area contributed by atoms with Crippen molar-refractivity contribution in [1.29, 1.82) is 0 Å². The van der Waals surface area contributed by atoms with Gasteiger partial charge in [0.2, 0.25) is 0 Å². The van der Waals surface area contributed by atoms with E-state index in [2.05, 4.69) is 10.3 Å². The number of aliphatic carboxylic acids is 1. The fourth-order valence-electron chi connectivity index (χ4n) is 2.38. The number of rotatable bonds is 4. The number of nitrogens with one attached hydrogen (secondary N) is 1. The third-order valence-electron chi connectivity index (χ3n) is 3.46. The third-order valence-corrected chi connectivity index (χ3v) is 4.58. The second-order valence-electron chi connectivity index (χ2n) is 4.73. The Hall–Kier alpha value is -1.01. The average Bonchev–Trinajstić information content (AvgIpc) is 2.74. The Morgan fingerprint density at radius 3 is 3.06 bits per heavy atom. The molecule has 1 aromatic heterocycles. The van der Waals surface area contributed by atoms with Crippen LogP contribution >= 0.6 is 11.8 Å². The summed E-state index contributed by atoms with van der Waals surface area (Å²) in [4.78, 5) is 15.7. The number of nitrogens with zero attached hydrogens (tertiary/aromatic N) is 1. The molecule has 100 valence electrons. The maximum absolute atomic E-state index is 11.4. The fourth-order valence-corrected chi connectivity index (χ4v) is 3.62. The van der Waals surface area contributed by atoms with Crippen molar-refractivity contribution in [1.82, 2.24) is 10.3 Å². The molecule has 2 atom stereocenters. The molecule has 0 aliphatic heterocycles. The van der Waals surface area contributed by atoms with Gasteiger partial charge >= 0.3 is 5.97 Å². The molecule has 6 heteroatoms. The lowest BCUT2D eigenvalue weighted by Gasteiger charge is -2.36. The molecule has 0 amide bonds. The van der Waals surface area contributed by atoms with Crippen LogP contribution in [0.15, 0.2) is 15.9 Å². The zero-order chi connectivity index (χ0) is 13.2. The van der Waals surface area contributed by atoms with Crippen molar-refractivity contribution >= 4 is 17.7 Å². The number of thioether (sulfide) groups is 1. The number of oxazole rings is 1. The van der Waals surface area contributed by atoms with Crippen LogP contribution in [-0.2, 0) is 4.79 Å². The van der Waals surface area contributed by atoms with E-state index in [1.807, 2.05) is 6.92 Å². The van der Waals surface area contributed by atoms with Gasteiger partial charge in [0, 0.05) is 5.25 Å². The minimum atomic E-state index is -0.794. The van der Waals surface area contributed by atoms with Crippen molar-refractivity contribution in [2.45, 2.75) is 48.6 Å². The Kier molecular flexibility index (Phi) is 3.97. The van der Waals surface area contributed by atoms with Crippen LogP contribution in [-0.4, -0.2) is 33.9 Å². The van der Waals surface area contributed by atoms with E-state index >= 15 is 0 Å². The highest BCUT2D eigenvalue weighted by Gasteiger charge is 2.42. The molecule has 0 spiro atoms. The molecule has 2 unspecified atom stereocenters. The van der Waals surface area contributed by atoms with Gasteiger partial charge in [-0.25, -0.2) is 4.98 Å². The molecular formula is C12H18N2O3S. The molecule has 2 N–H and O–H groups in total. The largest absolute Gasteiger partial charge is 0.480 e. The SMILES string of the molecule is CNC1(C(=O)O)CCCC(Sc2nc(C)co2)C1. The van der Waals surface area contributed by atoms with Crippen molar-refractivity contribution < 1.29 is 14.3 Å². The summed E-state index contributed by atoms with van der Waals surface area (Å²) in [5, 5.41) is 13.2. The second kappa shape index (κ2) is 5.32. The van der Waals surface area contributed by atoms with Crippen molar-refractivity contribution in [3.63, 3.8) is 0 Å². The van der Waals surface area contributed by atoms with E-state index in [0.717, 1.165) is 18.5 Å². The summed E-state index contributed by atoms with van der Waals surface area (Å²) in [6.07, 6.45) is 4.81. The summed E-state index contributed by atoms with van der Waals surface area (Å²) >= 11 is 1.54. The Morgan fingerprint density at radius 2 is 2.50 bits per heavy atom. The normalized spacial score (nSPS) is 28.2. The van der Waals surface area contributed by atoms with Gasteiger partial charge in [-0.15, -0.1) is 0 Å². The van der Waals surface area contributed by atoms with Gasteiger partial charge in [0.25, 0.3) is 5.22 Å². The Balaban J connectivity index is 2.04. The zero-order valence-corrected chi connectivity index (χ0v) is 11.4. The standard InChI is InChI=1S/C12H18N2O3S/c1-8-7-17-11(14-8)18-9-4-3-5-12(6-9,13-2)10(15)16/h7,9,13H,3-6H2,1-2H3,(H,15,16). The highest BCUT2D eigenvalue weighted by atomic mass is 32.2. The van der Waals surface area contributed by atoms with Crippen LogP contribution < -0.4 is 5.32 Å². The quantitative estimate of drug-likeness (QED) is 0.872. The van der Waals surface area contributed by atoms with Crippen LogP contribution in [0, 0.1) is 6.92 Å². The van der Waals surface area contributed by atoms with Gasteiger partial charge in [-0.3, -0.25) is 4.79 Å². The zero-order valence-electron chi connectivity index (χ0n) is 10.6. The molecule has 1 heterocycles. The minimum Gasteiger partial charge on any atom is -0.480 e. The number of carboxylic acids is 1. The summed E-state index contributed by atoms with van der Waals surface area (Å²) < 4.78 is 5.31. The number of hydrogen-bond acceptors (Lipinski definition) is 5. The van der Waals surface area contributed by atoms with Crippen LogP contribution in [0.25, 0.3) is 0 Å². The van der Waals surface area contributed by atoms with Crippen molar-refractivity contribution in [3.05, 3.63) is 12.0 Å². The second-order valence-corrected chi connectivity index (χ2v) is 5.98. The molecule has 0 saturated heterocycles. The van der Waals surface area contributed by atoms with Crippen molar-refractivity contribution in [2.24, 2.45) is 0 Å². The van der Waals surface area contributed by atoms with E-state index in [4.69, 9.17) is 4.42 Å². The van der Waals surface area contributed by atoms with E-state index in [-0.39, 0.29) is 5.25 Å². The summed E-state index contributed by atoms with van der Waals surface area (Å²) in [5.41, 5.74) is 0.0591. The lowest BCUT2D eigenvalue weighted by Crippen LogP contribution is -2.53. The highest BCUT2D eigenvalue weighted by Crippen LogP contribution is 2.38. The summed E-state index contributed by atoms with van der Waals surface area (Å²) in [5.74, 6) is -0.765. The molecular weight excluding hydrogens is 252 g/mol. The van der Waals surface area contributed by atoms with Gasteiger partial charge in [-0.1, -0.05) is 11.8 Å². The number of aromatic nitrogens is 1. The molecule has 1 aromatic rings. The third kappa shape index (κ3) is 2.70. The van der Waals surface area contributed by atoms with Crippen LogP contribution in [0.2, 0.25) is 0 Å². The summed E-state index contributed by atoms with van der Waals surface area (Å²) in [6.45, 7) is 1.88. The van der Waals surface area contributed by atoms with Gasteiger partial charge in [0.1, 0.15) is 11.8 Å². The molecule has 0 bridgehead atoms. The highest BCUT2D eigenvalue weighted by molar-refractivity contribution is 7.99. The van der Waals surface area contributed by atoms with E-state index < -0.39 is 11.5 Å². The van der Waals surface area contributed by atoms with Crippen molar-refractivity contribution in [2.75, 3.05) is 7.05 Å². The van der Waals surface area contributed by atoms with Gasteiger partial charge in [-0.05, 0) is 39.7 Å². The smallest absolute Gasteiger partial charge is 0.323 e. The number of carbonyl (C=O) groups is 1. The molecule has 18 heavy (non-hydrogen) atoms. The molecule has 1 saturated carbocycles. The lowest BCUT2D eigenvalue weighted by atomic mass is 9.81. The Bertz CT molecular complexity index is 435. The first-order chi connectivity index (χ1) is 8.55. The monoisotopic (exact) mass is 270 g/mol. The maximum Gasteiger partial charge on any atom is 0.323 e. The van der Waals surface area contributed by atoms with E-state index in [9.17, 15) is 9.90 Å². The number of aryl methyl sites for hydroxylation is 1. The van der Waals surface area contributed by atoms with Gasteiger partial charge in [0.05, 0.1) is 5.69 Å². The first-order valence-electron chi connectivity index (χ1n) is 6.07. The molecule has 2 rings (SSSR count). The van der Waals surface area contributed by atoms with Gasteiger partial charge in [0.15, 0.2) is 0 Å². The minimum absolute atomic E-state index is 0.236. The molecule has 0 aromatic carbocycles.